The average Bonchev–Trinajstić information content (AvgIpc) is 3.09. The molecule has 1 aliphatic heterocycles. The number of rotatable bonds is 7. The van der Waals surface area contributed by atoms with Gasteiger partial charge in [-0.1, -0.05) is 59.0 Å². The molecule has 1 aromatic carbocycles. The summed E-state index contributed by atoms with van der Waals surface area (Å²) in [6.45, 7) is 6.17. The van der Waals surface area contributed by atoms with E-state index < -0.39 is 0 Å². The highest BCUT2D eigenvalue weighted by Gasteiger charge is 2.26. The van der Waals surface area contributed by atoms with Crippen LogP contribution in [0.5, 0.6) is 0 Å². The van der Waals surface area contributed by atoms with Crippen molar-refractivity contribution in [3.05, 3.63) is 47.5 Å². The van der Waals surface area contributed by atoms with Gasteiger partial charge in [-0.05, 0) is 31.0 Å². The van der Waals surface area contributed by atoms with E-state index in [-0.39, 0.29) is 11.8 Å². The van der Waals surface area contributed by atoms with E-state index in [1.165, 1.54) is 11.3 Å². The second-order valence-corrected chi connectivity index (χ2v) is 8.78. The lowest BCUT2D eigenvalue weighted by Crippen LogP contribution is -2.40. The number of nitrogens with one attached hydrogen (secondary N) is 1. The highest BCUT2D eigenvalue weighted by Crippen LogP contribution is 2.27. The van der Waals surface area contributed by atoms with Gasteiger partial charge in [-0.15, -0.1) is 16.8 Å². The maximum Gasteiger partial charge on any atom is 0.230 e. The zero-order chi connectivity index (χ0) is 18.4. The zero-order valence-corrected chi connectivity index (χ0v) is 16.7. The summed E-state index contributed by atoms with van der Waals surface area (Å²) in [6, 6.07) is 7.87. The van der Waals surface area contributed by atoms with Crippen LogP contribution >= 0.6 is 34.7 Å². The Labute approximate surface area is 166 Å². The van der Waals surface area contributed by atoms with E-state index in [4.69, 9.17) is 11.6 Å². The molecule has 1 N–H and O–H groups in total. The molecule has 2 heterocycles. The molecule has 2 aromatic rings. The Hall–Kier alpha value is -1.41. The standard InChI is InChI=1S/C18H21ClN4OS2/c1-2-10-25-18-22-21-17(26-18)20-16(24)14-7-5-9-23(12-14)11-13-6-3-4-8-15(13)19/h2-4,6,8,14H,1,5,7,9-12H2,(H,20,21,24)/t14-/m1/s1. The van der Waals surface area contributed by atoms with Crippen molar-refractivity contribution in [3.63, 3.8) is 0 Å². The van der Waals surface area contributed by atoms with Crippen molar-refractivity contribution in [2.45, 2.75) is 23.7 Å². The molecule has 8 heteroatoms. The molecule has 0 aliphatic carbocycles. The summed E-state index contributed by atoms with van der Waals surface area (Å²) >= 11 is 9.22. The van der Waals surface area contributed by atoms with E-state index in [0.717, 1.165) is 53.2 Å². The van der Waals surface area contributed by atoms with Crippen LogP contribution in [0.3, 0.4) is 0 Å². The van der Waals surface area contributed by atoms with E-state index in [1.807, 2.05) is 30.3 Å². The van der Waals surface area contributed by atoms with Gasteiger partial charge in [0.2, 0.25) is 11.0 Å². The van der Waals surface area contributed by atoms with Gasteiger partial charge in [0.05, 0.1) is 5.92 Å². The zero-order valence-electron chi connectivity index (χ0n) is 14.4. The van der Waals surface area contributed by atoms with Crippen LogP contribution in [-0.2, 0) is 11.3 Å². The number of hydrogen-bond donors (Lipinski definition) is 1. The minimum absolute atomic E-state index is 0.0188. The number of carbonyl (C=O) groups is 1. The predicted octanol–water partition coefficient (Wildman–Crippen LogP) is 4.32. The number of thioether (sulfide) groups is 1. The molecule has 1 fully saturated rings. The summed E-state index contributed by atoms with van der Waals surface area (Å²) in [5, 5.41) is 12.4. The molecule has 1 amide bonds. The Morgan fingerprint density at radius 3 is 3.12 bits per heavy atom. The molecule has 0 saturated carbocycles. The third-order valence-corrected chi connectivity index (χ3v) is 6.53. The molecule has 1 saturated heterocycles. The number of nitrogens with zero attached hydrogens (tertiary/aromatic N) is 3. The molecule has 1 atom stereocenters. The van der Waals surface area contributed by atoms with Gasteiger partial charge in [0.25, 0.3) is 0 Å². The van der Waals surface area contributed by atoms with Gasteiger partial charge in [0.15, 0.2) is 4.34 Å². The van der Waals surface area contributed by atoms with Crippen molar-refractivity contribution < 1.29 is 4.79 Å². The fourth-order valence-corrected chi connectivity index (χ4v) is 4.65. The lowest BCUT2D eigenvalue weighted by molar-refractivity contribution is -0.121. The maximum atomic E-state index is 12.6. The number of amides is 1. The largest absolute Gasteiger partial charge is 0.300 e. The third kappa shape index (κ3) is 5.30. The fraction of sp³-hybridized carbons (Fsp3) is 0.389. The minimum Gasteiger partial charge on any atom is -0.300 e. The lowest BCUT2D eigenvalue weighted by Gasteiger charge is -2.32. The highest BCUT2D eigenvalue weighted by atomic mass is 35.5. The molecular formula is C18H21ClN4OS2. The highest BCUT2D eigenvalue weighted by molar-refractivity contribution is 8.01. The fourth-order valence-electron chi connectivity index (χ4n) is 2.94. The Kier molecular flexibility index (Phi) is 7.07. The van der Waals surface area contributed by atoms with Gasteiger partial charge in [-0.3, -0.25) is 9.69 Å². The average molecular weight is 409 g/mol. The van der Waals surface area contributed by atoms with Crippen molar-refractivity contribution in [1.82, 2.24) is 15.1 Å². The van der Waals surface area contributed by atoms with Crippen molar-refractivity contribution in [3.8, 4) is 0 Å². The number of carbonyl (C=O) groups excluding carboxylic acids is 1. The predicted molar refractivity (Wildman–Crippen MR) is 109 cm³/mol. The minimum atomic E-state index is -0.0422. The van der Waals surface area contributed by atoms with Crippen LogP contribution in [0.4, 0.5) is 5.13 Å². The van der Waals surface area contributed by atoms with E-state index in [1.54, 1.807) is 11.8 Å². The summed E-state index contributed by atoms with van der Waals surface area (Å²) in [5.74, 6) is 0.757. The van der Waals surface area contributed by atoms with Gasteiger partial charge in [-0.2, -0.15) is 0 Å². The topological polar surface area (TPSA) is 58.1 Å². The second-order valence-electron chi connectivity index (χ2n) is 6.13. The van der Waals surface area contributed by atoms with Gasteiger partial charge in [-0.25, -0.2) is 0 Å². The van der Waals surface area contributed by atoms with E-state index in [0.29, 0.717) is 5.13 Å². The van der Waals surface area contributed by atoms with Gasteiger partial charge in [0.1, 0.15) is 0 Å². The normalized spacial score (nSPS) is 17.8. The molecule has 138 valence electrons. The second kappa shape index (κ2) is 9.50. The number of likely N-dealkylation sites (tertiary alicyclic amines) is 1. The molecular weight excluding hydrogens is 388 g/mol. The number of anilines is 1. The first-order valence-corrected chi connectivity index (χ1v) is 10.7. The number of halogens is 1. The summed E-state index contributed by atoms with van der Waals surface area (Å²) < 4.78 is 0.837. The summed E-state index contributed by atoms with van der Waals surface area (Å²) in [6.07, 6.45) is 3.71. The number of piperidine rings is 1. The summed E-state index contributed by atoms with van der Waals surface area (Å²) in [5.41, 5.74) is 1.10. The van der Waals surface area contributed by atoms with Crippen molar-refractivity contribution in [2.75, 3.05) is 24.2 Å². The van der Waals surface area contributed by atoms with E-state index >= 15 is 0 Å². The molecule has 26 heavy (non-hydrogen) atoms. The van der Waals surface area contributed by atoms with Crippen LogP contribution in [-0.4, -0.2) is 39.8 Å². The molecule has 0 spiro atoms. The third-order valence-electron chi connectivity index (χ3n) is 4.19. The van der Waals surface area contributed by atoms with E-state index in [9.17, 15) is 4.79 Å². The Balaban J connectivity index is 1.55. The summed E-state index contributed by atoms with van der Waals surface area (Å²) in [4.78, 5) is 14.9. The van der Waals surface area contributed by atoms with Crippen LogP contribution < -0.4 is 5.32 Å². The summed E-state index contributed by atoms with van der Waals surface area (Å²) in [7, 11) is 0. The van der Waals surface area contributed by atoms with Crippen molar-refractivity contribution in [1.29, 1.82) is 0 Å². The monoisotopic (exact) mass is 408 g/mol. The molecule has 0 unspecified atom stereocenters. The Morgan fingerprint density at radius 2 is 2.31 bits per heavy atom. The van der Waals surface area contributed by atoms with Crippen LogP contribution in [0.25, 0.3) is 0 Å². The van der Waals surface area contributed by atoms with Crippen LogP contribution in [0.15, 0.2) is 41.3 Å². The molecule has 0 bridgehead atoms. The smallest absolute Gasteiger partial charge is 0.230 e. The van der Waals surface area contributed by atoms with Gasteiger partial charge in [0, 0.05) is 23.9 Å². The molecule has 1 aliphatic rings. The van der Waals surface area contributed by atoms with Crippen LogP contribution in [0.2, 0.25) is 5.02 Å². The quantitative estimate of drug-likeness (QED) is 0.420. The molecule has 3 rings (SSSR count). The lowest BCUT2D eigenvalue weighted by atomic mass is 9.97. The van der Waals surface area contributed by atoms with Crippen LogP contribution in [0, 0.1) is 5.92 Å². The van der Waals surface area contributed by atoms with Crippen molar-refractivity contribution >= 4 is 45.7 Å². The maximum absolute atomic E-state index is 12.6. The van der Waals surface area contributed by atoms with Gasteiger partial charge >= 0.3 is 0 Å². The van der Waals surface area contributed by atoms with Crippen molar-refractivity contribution in [2.24, 2.45) is 5.92 Å². The first-order valence-electron chi connectivity index (χ1n) is 8.49. The van der Waals surface area contributed by atoms with Crippen LogP contribution in [0.1, 0.15) is 18.4 Å². The van der Waals surface area contributed by atoms with E-state index in [2.05, 4.69) is 27.0 Å². The SMILES string of the molecule is C=CCSc1nnc(NC(=O)[C@@H]2CCCN(Cc3ccccc3Cl)C2)s1. The van der Waals surface area contributed by atoms with Gasteiger partial charge < -0.3 is 5.32 Å². The Bertz CT molecular complexity index is 767. The molecule has 5 nitrogen and oxygen atoms in total. The molecule has 0 radical (unpaired) electrons. The molecule has 1 aromatic heterocycles. The number of hydrogen-bond acceptors (Lipinski definition) is 6. The number of aromatic nitrogens is 2. The Morgan fingerprint density at radius 1 is 1.46 bits per heavy atom. The first-order chi connectivity index (χ1) is 12.7. The number of benzene rings is 1. The first kappa shape index (κ1) is 19.4.